The summed E-state index contributed by atoms with van der Waals surface area (Å²) in [4.78, 5) is 13.8. The van der Waals surface area contributed by atoms with Gasteiger partial charge in [-0.1, -0.05) is 46.3 Å². The van der Waals surface area contributed by atoms with Crippen molar-refractivity contribution in [3.63, 3.8) is 0 Å². The van der Waals surface area contributed by atoms with Crippen molar-refractivity contribution in [1.29, 1.82) is 0 Å². The summed E-state index contributed by atoms with van der Waals surface area (Å²) in [7, 11) is 0. The standard InChI is InChI=1S/C28H46O3/c1-17(2)7-12-23(29)18(3)21-10-11-22-20-9-8-19-15-26(4,31)13-14-27(19,5)25(20)24(30)16-28(21,22)6/h8,17-18,20-23,25,29,31H,7,9-16H2,1-6H3/t18-,20-,21+,22-,23-,25+,26-,27-,28+/m0/s1. The lowest BCUT2D eigenvalue weighted by Gasteiger charge is -2.58. The molecule has 0 radical (unpaired) electrons. The number of carbonyl (C=O) groups excluding carboxylic acids is 1. The second-order valence-corrected chi connectivity index (χ2v) is 13.0. The molecule has 4 aliphatic rings. The Balaban J connectivity index is 1.58. The second kappa shape index (κ2) is 7.97. The van der Waals surface area contributed by atoms with Crippen LogP contribution in [0.4, 0.5) is 0 Å². The molecule has 0 amide bonds. The molecule has 3 nitrogen and oxygen atoms in total. The van der Waals surface area contributed by atoms with Gasteiger partial charge in [0.1, 0.15) is 5.78 Å². The first-order valence-electron chi connectivity index (χ1n) is 13.0. The molecule has 0 heterocycles. The molecule has 3 fully saturated rings. The van der Waals surface area contributed by atoms with Crippen molar-refractivity contribution in [1.82, 2.24) is 0 Å². The van der Waals surface area contributed by atoms with Crippen LogP contribution in [-0.2, 0) is 4.79 Å². The third-order valence-electron chi connectivity index (χ3n) is 10.4. The van der Waals surface area contributed by atoms with E-state index in [1.807, 2.05) is 6.92 Å². The summed E-state index contributed by atoms with van der Waals surface area (Å²) >= 11 is 0. The van der Waals surface area contributed by atoms with Gasteiger partial charge in [0, 0.05) is 12.3 Å². The van der Waals surface area contributed by atoms with E-state index in [1.54, 1.807) is 0 Å². The molecule has 0 saturated heterocycles. The van der Waals surface area contributed by atoms with Crippen LogP contribution < -0.4 is 0 Å². The third kappa shape index (κ3) is 3.86. The van der Waals surface area contributed by atoms with Crippen LogP contribution in [0.1, 0.15) is 99.3 Å². The summed E-state index contributed by atoms with van der Waals surface area (Å²) in [6.45, 7) is 13.3. The van der Waals surface area contributed by atoms with Gasteiger partial charge in [-0.25, -0.2) is 0 Å². The summed E-state index contributed by atoms with van der Waals surface area (Å²) in [6.07, 6.45) is 10.6. The fourth-order valence-corrected chi connectivity index (χ4v) is 8.57. The number of hydrogen-bond donors (Lipinski definition) is 2. The summed E-state index contributed by atoms with van der Waals surface area (Å²) in [5.41, 5.74) is 0.682. The predicted octanol–water partition coefficient (Wildman–Crippen LogP) is 5.93. The van der Waals surface area contributed by atoms with Gasteiger partial charge in [-0.2, -0.15) is 0 Å². The number of aliphatic hydroxyl groups is 2. The summed E-state index contributed by atoms with van der Waals surface area (Å²) in [6, 6.07) is 0. The van der Waals surface area contributed by atoms with Crippen LogP contribution in [0.25, 0.3) is 0 Å². The number of hydrogen-bond acceptors (Lipinski definition) is 3. The minimum Gasteiger partial charge on any atom is -0.393 e. The second-order valence-electron chi connectivity index (χ2n) is 13.0. The van der Waals surface area contributed by atoms with Gasteiger partial charge in [0.25, 0.3) is 0 Å². The first kappa shape index (κ1) is 23.5. The molecule has 0 aromatic heterocycles. The number of ketones is 1. The Morgan fingerprint density at radius 2 is 1.77 bits per heavy atom. The quantitative estimate of drug-likeness (QED) is 0.532. The molecule has 2 N–H and O–H groups in total. The van der Waals surface area contributed by atoms with E-state index in [-0.39, 0.29) is 28.8 Å². The van der Waals surface area contributed by atoms with Crippen LogP contribution in [0.3, 0.4) is 0 Å². The van der Waals surface area contributed by atoms with E-state index in [1.165, 1.54) is 12.0 Å². The van der Waals surface area contributed by atoms with Crippen molar-refractivity contribution in [3.05, 3.63) is 11.6 Å². The Labute approximate surface area is 190 Å². The van der Waals surface area contributed by atoms with Gasteiger partial charge < -0.3 is 10.2 Å². The Morgan fingerprint density at radius 1 is 1.06 bits per heavy atom. The summed E-state index contributed by atoms with van der Waals surface area (Å²) in [5, 5.41) is 21.6. The van der Waals surface area contributed by atoms with Crippen LogP contribution >= 0.6 is 0 Å². The zero-order chi connectivity index (χ0) is 22.8. The van der Waals surface area contributed by atoms with E-state index in [2.05, 4.69) is 40.7 Å². The van der Waals surface area contributed by atoms with Gasteiger partial charge in [0.15, 0.2) is 0 Å². The lowest BCUT2D eigenvalue weighted by Crippen LogP contribution is -2.56. The minimum atomic E-state index is -0.621. The van der Waals surface area contributed by atoms with Crippen LogP contribution in [0, 0.1) is 46.3 Å². The SMILES string of the molecule is CC(C)CC[C@H](O)[C@@H](C)[C@H]1CC[C@H]2[C@@H]3CC=C4C[C@@](C)(O)CC[C@]4(C)[C@H]3C(=O)C[C@]12C. The maximum absolute atomic E-state index is 13.8. The molecule has 3 saturated carbocycles. The lowest BCUT2D eigenvalue weighted by molar-refractivity contribution is -0.147. The minimum absolute atomic E-state index is 0.0261. The number of Topliss-reactive ketones (excluding diaryl/α,β-unsaturated/α-hetero) is 1. The maximum atomic E-state index is 13.8. The zero-order valence-electron chi connectivity index (χ0n) is 20.8. The molecule has 176 valence electrons. The van der Waals surface area contributed by atoms with Crippen molar-refractivity contribution in [2.24, 2.45) is 46.3 Å². The Kier molecular flexibility index (Phi) is 6.04. The van der Waals surface area contributed by atoms with E-state index in [9.17, 15) is 15.0 Å². The topological polar surface area (TPSA) is 57.5 Å². The monoisotopic (exact) mass is 430 g/mol. The average molecular weight is 431 g/mol. The largest absolute Gasteiger partial charge is 0.393 e. The van der Waals surface area contributed by atoms with Gasteiger partial charge in [-0.05, 0) is 98.7 Å². The number of fused-ring (bicyclic) bond motifs is 5. The first-order chi connectivity index (χ1) is 14.4. The molecule has 0 aliphatic heterocycles. The number of allylic oxidation sites excluding steroid dienone is 1. The molecule has 3 heteroatoms. The first-order valence-corrected chi connectivity index (χ1v) is 13.0. The normalized spacial score (nSPS) is 46.7. The fraction of sp³-hybridized carbons (Fsp3) is 0.893. The van der Waals surface area contributed by atoms with Gasteiger partial charge in [0.05, 0.1) is 11.7 Å². The lowest BCUT2D eigenvalue weighted by atomic mass is 9.46. The van der Waals surface area contributed by atoms with Crippen molar-refractivity contribution < 1.29 is 15.0 Å². The molecular formula is C28H46O3. The van der Waals surface area contributed by atoms with E-state index in [4.69, 9.17) is 0 Å². The smallest absolute Gasteiger partial charge is 0.137 e. The molecule has 4 rings (SSSR count). The van der Waals surface area contributed by atoms with Gasteiger partial charge in [0.2, 0.25) is 0 Å². The number of aliphatic hydroxyl groups excluding tert-OH is 1. The van der Waals surface area contributed by atoms with Gasteiger partial charge >= 0.3 is 0 Å². The van der Waals surface area contributed by atoms with E-state index in [0.29, 0.717) is 35.9 Å². The molecule has 0 spiro atoms. The molecule has 0 bridgehead atoms. The highest BCUT2D eigenvalue weighted by atomic mass is 16.3. The van der Waals surface area contributed by atoms with Crippen molar-refractivity contribution >= 4 is 5.78 Å². The third-order valence-corrected chi connectivity index (χ3v) is 10.4. The van der Waals surface area contributed by atoms with Crippen LogP contribution in [0.15, 0.2) is 11.6 Å². The molecule has 9 atom stereocenters. The molecular weight excluding hydrogens is 384 g/mol. The predicted molar refractivity (Wildman–Crippen MR) is 125 cm³/mol. The Bertz CT molecular complexity index is 737. The van der Waals surface area contributed by atoms with Crippen LogP contribution in [0.2, 0.25) is 0 Å². The maximum Gasteiger partial charge on any atom is 0.137 e. The van der Waals surface area contributed by atoms with E-state index in [0.717, 1.165) is 44.9 Å². The number of carbonyl (C=O) groups is 1. The Morgan fingerprint density at radius 3 is 2.45 bits per heavy atom. The molecule has 31 heavy (non-hydrogen) atoms. The van der Waals surface area contributed by atoms with Crippen molar-refractivity contribution in [3.8, 4) is 0 Å². The zero-order valence-corrected chi connectivity index (χ0v) is 20.8. The van der Waals surface area contributed by atoms with E-state index < -0.39 is 5.60 Å². The highest BCUT2D eigenvalue weighted by molar-refractivity contribution is 5.85. The Hall–Kier alpha value is -0.670. The highest BCUT2D eigenvalue weighted by Gasteiger charge is 2.63. The molecule has 0 unspecified atom stereocenters. The average Bonchev–Trinajstić information content (AvgIpc) is 3.02. The highest BCUT2D eigenvalue weighted by Crippen LogP contribution is 2.66. The molecule has 0 aromatic carbocycles. The van der Waals surface area contributed by atoms with Crippen LogP contribution in [-0.4, -0.2) is 27.7 Å². The van der Waals surface area contributed by atoms with Gasteiger partial charge in [-0.3, -0.25) is 4.79 Å². The van der Waals surface area contributed by atoms with Gasteiger partial charge in [-0.15, -0.1) is 0 Å². The van der Waals surface area contributed by atoms with Crippen molar-refractivity contribution in [2.75, 3.05) is 0 Å². The summed E-state index contributed by atoms with van der Waals surface area (Å²) < 4.78 is 0. The molecule has 0 aromatic rings. The van der Waals surface area contributed by atoms with Crippen LogP contribution in [0.5, 0.6) is 0 Å². The van der Waals surface area contributed by atoms with E-state index >= 15 is 0 Å². The molecule has 4 aliphatic carbocycles. The van der Waals surface area contributed by atoms with Crippen molar-refractivity contribution in [2.45, 2.75) is 111 Å². The fourth-order valence-electron chi connectivity index (χ4n) is 8.57. The summed E-state index contributed by atoms with van der Waals surface area (Å²) in [5.74, 6) is 2.93. The number of rotatable bonds is 5.